The van der Waals surface area contributed by atoms with Crippen LogP contribution >= 0.6 is 11.8 Å². The first-order chi connectivity index (χ1) is 13.2. The number of unbranched alkanes of at least 4 members (excludes halogenated alkanes) is 1. The second-order valence-corrected chi connectivity index (χ2v) is 7.17. The van der Waals surface area contributed by atoms with Crippen LogP contribution < -0.4 is 10.6 Å². The smallest absolute Gasteiger partial charge is 0.254 e. The second kappa shape index (κ2) is 9.23. The van der Waals surface area contributed by atoms with Gasteiger partial charge in [0, 0.05) is 17.8 Å². The first kappa shape index (κ1) is 19.0. The zero-order chi connectivity index (χ0) is 19.1. The molecule has 1 amide bonds. The third kappa shape index (κ3) is 4.89. The molecule has 27 heavy (non-hydrogen) atoms. The van der Waals surface area contributed by atoms with Gasteiger partial charge in [-0.25, -0.2) is 0 Å². The highest BCUT2D eigenvalue weighted by Crippen LogP contribution is 2.28. The summed E-state index contributed by atoms with van der Waals surface area (Å²) in [7, 11) is 0. The van der Waals surface area contributed by atoms with Gasteiger partial charge in [-0.3, -0.25) is 9.79 Å². The zero-order valence-electron chi connectivity index (χ0n) is 15.1. The standard InChI is InChI=1S/C20H22N4O2S/c1-2-3-11-21-15-9-10-16(17(12-15)14-7-5-4-6-8-14)19(25)23-20-22-13-18(24-26)27-20/h4-10,12-13,20-21,26H,2-3,11H2,1H3,(H,23,25). The summed E-state index contributed by atoms with van der Waals surface area (Å²) in [6, 6.07) is 15.6. The van der Waals surface area contributed by atoms with E-state index in [9.17, 15) is 4.79 Å². The molecule has 0 saturated heterocycles. The van der Waals surface area contributed by atoms with E-state index in [1.54, 1.807) is 0 Å². The third-order valence-electron chi connectivity index (χ3n) is 4.11. The van der Waals surface area contributed by atoms with E-state index in [2.05, 4.69) is 27.7 Å². The predicted octanol–water partition coefficient (Wildman–Crippen LogP) is 4.18. The minimum atomic E-state index is -0.491. The van der Waals surface area contributed by atoms with Crippen LogP contribution in [-0.4, -0.2) is 34.4 Å². The Labute approximate surface area is 162 Å². The first-order valence-electron chi connectivity index (χ1n) is 8.87. The average molecular weight is 382 g/mol. The number of thioether (sulfide) groups is 1. The number of hydrogen-bond acceptors (Lipinski definition) is 6. The Hall–Kier alpha value is -2.80. The van der Waals surface area contributed by atoms with Gasteiger partial charge in [0.15, 0.2) is 10.5 Å². The molecule has 0 bridgehead atoms. The van der Waals surface area contributed by atoms with Gasteiger partial charge in [-0.05, 0) is 35.7 Å². The largest absolute Gasteiger partial charge is 0.410 e. The molecule has 2 aromatic rings. The van der Waals surface area contributed by atoms with E-state index in [-0.39, 0.29) is 5.91 Å². The lowest BCUT2D eigenvalue weighted by atomic mass is 9.98. The lowest BCUT2D eigenvalue weighted by molar-refractivity contribution is 0.0952. The summed E-state index contributed by atoms with van der Waals surface area (Å²) in [6.07, 6.45) is 3.65. The van der Waals surface area contributed by atoms with Crippen molar-refractivity contribution in [2.45, 2.75) is 25.3 Å². The van der Waals surface area contributed by atoms with Crippen molar-refractivity contribution < 1.29 is 10.0 Å². The number of nitrogens with one attached hydrogen (secondary N) is 2. The number of carbonyl (C=O) groups excluding carboxylic acids is 1. The van der Waals surface area contributed by atoms with Crippen molar-refractivity contribution in [1.29, 1.82) is 0 Å². The maximum Gasteiger partial charge on any atom is 0.254 e. The first-order valence-corrected chi connectivity index (χ1v) is 9.75. The van der Waals surface area contributed by atoms with Crippen LogP contribution in [-0.2, 0) is 0 Å². The molecule has 0 fully saturated rings. The predicted molar refractivity (Wildman–Crippen MR) is 112 cm³/mol. The topological polar surface area (TPSA) is 86.1 Å². The maximum atomic E-state index is 12.8. The summed E-state index contributed by atoms with van der Waals surface area (Å²) in [6.45, 7) is 3.05. The number of amides is 1. The van der Waals surface area contributed by atoms with Crippen LogP contribution in [0.1, 0.15) is 30.1 Å². The van der Waals surface area contributed by atoms with Crippen LogP contribution in [0.2, 0.25) is 0 Å². The van der Waals surface area contributed by atoms with Crippen molar-refractivity contribution >= 4 is 34.6 Å². The number of benzene rings is 2. The van der Waals surface area contributed by atoms with Gasteiger partial charge in [-0.15, -0.1) is 0 Å². The summed E-state index contributed by atoms with van der Waals surface area (Å²) in [4.78, 5) is 17.0. The Morgan fingerprint density at radius 2 is 2.07 bits per heavy atom. The van der Waals surface area contributed by atoms with Crippen molar-refractivity contribution in [3.8, 4) is 11.1 Å². The molecule has 1 aliphatic heterocycles. The van der Waals surface area contributed by atoms with Gasteiger partial charge in [0.1, 0.15) is 0 Å². The fourth-order valence-corrected chi connectivity index (χ4v) is 3.42. The van der Waals surface area contributed by atoms with E-state index >= 15 is 0 Å². The Kier molecular flexibility index (Phi) is 6.49. The van der Waals surface area contributed by atoms with Crippen molar-refractivity contribution in [3.63, 3.8) is 0 Å². The van der Waals surface area contributed by atoms with E-state index in [0.29, 0.717) is 10.6 Å². The number of anilines is 1. The fourth-order valence-electron chi connectivity index (χ4n) is 2.73. The van der Waals surface area contributed by atoms with Gasteiger partial charge in [-0.2, -0.15) is 0 Å². The molecule has 0 saturated carbocycles. The van der Waals surface area contributed by atoms with Gasteiger partial charge in [0.2, 0.25) is 0 Å². The molecule has 3 N–H and O–H groups in total. The lowest BCUT2D eigenvalue weighted by Gasteiger charge is -2.15. The monoisotopic (exact) mass is 382 g/mol. The summed E-state index contributed by atoms with van der Waals surface area (Å²) < 4.78 is 0. The van der Waals surface area contributed by atoms with Gasteiger partial charge in [-0.1, -0.05) is 60.6 Å². The third-order valence-corrected chi connectivity index (χ3v) is 5.01. The van der Waals surface area contributed by atoms with E-state index < -0.39 is 5.50 Å². The molecule has 3 rings (SSSR count). The van der Waals surface area contributed by atoms with Crippen LogP contribution in [0.3, 0.4) is 0 Å². The van der Waals surface area contributed by atoms with E-state index in [1.165, 1.54) is 18.0 Å². The highest BCUT2D eigenvalue weighted by molar-refractivity contribution is 8.16. The number of oxime groups is 1. The quantitative estimate of drug-likeness (QED) is 0.381. The molecule has 1 heterocycles. The number of rotatable bonds is 7. The minimum Gasteiger partial charge on any atom is -0.410 e. The number of carbonyl (C=O) groups is 1. The highest BCUT2D eigenvalue weighted by Gasteiger charge is 2.22. The second-order valence-electron chi connectivity index (χ2n) is 6.07. The molecule has 6 nitrogen and oxygen atoms in total. The number of aliphatic imine (C=N–C) groups is 1. The van der Waals surface area contributed by atoms with E-state index in [0.717, 1.165) is 36.2 Å². The summed E-state index contributed by atoms with van der Waals surface area (Å²) in [5, 5.41) is 18.5. The molecule has 1 aliphatic rings. The van der Waals surface area contributed by atoms with Crippen LogP contribution in [0, 0.1) is 0 Å². The molecule has 1 atom stereocenters. The molecule has 7 heteroatoms. The lowest BCUT2D eigenvalue weighted by Crippen LogP contribution is -2.30. The Morgan fingerprint density at radius 1 is 1.26 bits per heavy atom. The van der Waals surface area contributed by atoms with Crippen LogP contribution in [0.15, 0.2) is 58.7 Å². The maximum absolute atomic E-state index is 12.8. The van der Waals surface area contributed by atoms with Gasteiger partial charge in [0.05, 0.1) is 6.21 Å². The van der Waals surface area contributed by atoms with Gasteiger partial charge < -0.3 is 15.8 Å². The molecule has 0 aromatic heterocycles. The van der Waals surface area contributed by atoms with Gasteiger partial charge in [0.25, 0.3) is 5.91 Å². The van der Waals surface area contributed by atoms with Crippen molar-refractivity contribution in [1.82, 2.24) is 5.32 Å². The minimum absolute atomic E-state index is 0.220. The fraction of sp³-hybridized carbons (Fsp3) is 0.250. The number of nitrogens with zero attached hydrogens (tertiary/aromatic N) is 2. The average Bonchev–Trinajstić information content (AvgIpc) is 3.16. The SMILES string of the molecule is CCCCNc1ccc(C(=O)NC2N=CC(=NO)S2)c(-c2ccccc2)c1. The zero-order valence-corrected chi connectivity index (χ0v) is 15.9. The Balaban J connectivity index is 1.85. The molecule has 1 unspecified atom stereocenters. The van der Waals surface area contributed by atoms with Crippen molar-refractivity contribution in [3.05, 3.63) is 54.1 Å². The Bertz CT molecular complexity index is 852. The summed E-state index contributed by atoms with van der Waals surface area (Å²) in [5.41, 5.74) is 2.91. The van der Waals surface area contributed by atoms with E-state index in [1.807, 2.05) is 48.5 Å². The summed E-state index contributed by atoms with van der Waals surface area (Å²) >= 11 is 1.19. The molecule has 140 valence electrons. The van der Waals surface area contributed by atoms with Gasteiger partial charge >= 0.3 is 0 Å². The van der Waals surface area contributed by atoms with Crippen LogP contribution in [0.25, 0.3) is 11.1 Å². The highest BCUT2D eigenvalue weighted by atomic mass is 32.2. The van der Waals surface area contributed by atoms with Crippen molar-refractivity contribution in [2.75, 3.05) is 11.9 Å². The molecular weight excluding hydrogens is 360 g/mol. The summed E-state index contributed by atoms with van der Waals surface area (Å²) in [5.74, 6) is -0.220. The number of hydrogen-bond donors (Lipinski definition) is 3. The van der Waals surface area contributed by atoms with Crippen LogP contribution in [0.4, 0.5) is 5.69 Å². The molecule has 2 aromatic carbocycles. The molecule has 0 spiro atoms. The Morgan fingerprint density at radius 3 is 2.78 bits per heavy atom. The molecule has 0 radical (unpaired) electrons. The van der Waals surface area contributed by atoms with Crippen LogP contribution in [0.5, 0.6) is 0 Å². The normalized spacial score (nSPS) is 17.2. The van der Waals surface area contributed by atoms with E-state index in [4.69, 9.17) is 5.21 Å². The molecular formula is C20H22N4O2S. The molecule has 0 aliphatic carbocycles. The van der Waals surface area contributed by atoms with Crippen molar-refractivity contribution in [2.24, 2.45) is 10.1 Å².